The van der Waals surface area contributed by atoms with Gasteiger partial charge in [-0.15, -0.1) is 0 Å². The fourth-order valence-corrected chi connectivity index (χ4v) is 3.12. The van der Waals surface area contributed by atoms with E-state index in [1.54, 1.807) is 6.07 Å². The molecule has 0 N–H and O–H groups in total. The third-order valence-corrected chi connectivity index (χ3v) is 4.44. The first-order valence-electron chi connectivity index (χ1n) is 8.53. The number of amides is 1. The largest absolute Gasteiger partial charge is 0.484 e. The summed E-state index contributed by atoms with van der Waals surface area (Å²) in [6, 6.07) is 6.92. The first-order valence-corrected chi connectivity index (χ1v) is 8.53. The van der Waals surface area contributed by atoms with Crippen LogP contribution in [-0.2, 0) is 4.79 Å². The molecule has 1 aliphatic rings. The molecule has 0 saturated carbocycles. The van der Waals surface area contributed by atoms with Crippen LogP contribution in [0.15, 0.2) is 33.5 Å². The van der Waals surface area contributed by atoms with E-state index in [-0.39, 0.29) is 24.1 Å². The maximum Gasteiger partial charge on any atom is 0.336 e. The number of benzene rings is 1. The molecular formula is C19H23NO4. The van der Waals surface area contributed by atoms with Crippen LogP contribution in [0.2, 0.25) is 0 Å². The zero-order valence-electron chi connectivity index (χ0n) is 14.2. The quantitative estimate of drug-likeness (QED) is 0.808. The predicted molar refractivity (Wildman–Crippen MR) is 92.5 cm³/mol. The molecule has 5 nitrogen and oxygen atoms in total. The Labute approximate surface area is 141 Å². The minimum atomic E-state index is -0.368. The van der Waals surface area contributed by atoms with E-state index in [9.17, 15) is 9.59 Å². The van der Waals surface area contributed by atoms with Crippen molar-refractivity contribution < 1.29 is 13.9 Å². The van der Waals surface area contributed by atoms with Gasteiger partial charge in [0, 0.05) is 30.6 Å². The highest BCUT2D eigenvalue weighted by Crippen LogP contribution is 2.27. The van der Waals surface area contributed by atoms with Crippen LogP contribution in [0.5, 0.6) is 5.75 Å². The highest BCUT2D eigenvalue weighted by molar-refractivity contribution is 5.82. The maximum absolute atomic E-state index is 12.2. The summed E-state index contributed by atoms with van der Waals surface area (Å²) in [7, 11) is 0. The smallest absolute Gasteiger partial charge is 0.336 e. The molecule has 1 aliphatic heterocycles. The number of carbonyl (C=O) groups excluding carboxylic acids is 1. The Morgan fingerprint density at radius 1 is 1.21 bits per heavy atom. The molecule has 1 aromatic carbocycles. The van der Waals surface area contributed by atoms with Crippen molar-refractivity contribution >= 4 is 16.9 Å². The van der Waals surface area contributed by atoms with E-state index in [4.69, 9.17) is 9.15 Å². The Morgan fingerprint density at radius 3 is 2.67 bits per heavy atom. The fraction of sp³-hybridized carbons (Fsp3) is 0.474. The summed E-state index contributed by atoms with van der Waals surface area (Å²) in [6.07, 6.45) is 3.31. The van der Waals surface area contributed by atoms with Crippen molar-refractivity contribution in [2.75, 3.05) is 19.7 Å². The van der Waals surface area contributed by atoms with Gasteiger partial charge in [-0.25, -0.2) is 4.79 Å². The van der Waals surface area contributed by atoms with Crippen LogP contribution in [-0.4, -0.2) is 30.5 Å². The van der Waals surface area contributed by atoms with Gasteiger partial charge < -0.3 is 14.1 Å². The summed E-state index contributed by atoms with van der Waals surface area (Å²) >= 11 is 0. The molecule has 0 bridgehead atoms. The van der Waals surface area contributed by atoms with Gasteiger partial charge in [-0.05, 0) is 42.9 Å². The van der Waals surface area contributed by atoms with Crippen molar-refractivity contribution in [3.05, 3.63) is 40.2 Å². The first-order chi connectivity index (χ1) is 11.5. The van der Waals surface area contributed by atoms with E-state index in [1.165, 1.54) is 12.5 Å². The maximum atomic E-state index is 12.2. The lowest BCUT2D eigenvalue weighted by atomic mass is 10.00. The second-order valence-corrected chi connectivity index (χ2v) is 6.56. The van der Waals surface area contributed by atoms with Crippen LogP contribution in [0.4, 0.5) is 0 Å². The standard InChI is InChI=1S/C19H23NO4/c1-13(2)16-11-19(22)24-17-10-14(6-7-15(16)17)23-12-18(21)20-8-4-3-5-9-20/h6-7,10-11,13H,3-5,8-9,12H2,1-2H3. The number of fused-ring (bicyclic) bond motifs is 1. The number of likely N-dealkylation sites (tertiary alicyclic amines) is 1. The molecule has 1 fully saturated rings. The third kappa shape index (κ3) is 3.61. The summed E-state index contributed by atoms with van der Waals surface area (Å²) in [5.74, 6) is 0.771. The van der Waals surface area contributed by atoms with Crippen molar-refractivity contribution in [3.8, 4) is 5.75 Å². The van der Waals surface area contributed by atoms with Gasteiger partial charge >= 0.3 is 5.63 Å². The number of nitrogens with zero attached hydrogens (tertiary/aromatic N) is 1. The van der Waals surface area contributed by atoms with Crippen LogP contribution in [0, 0.1) is 0 Å². The van der Waals surface area contributed by atoms with E-state index < -0.39 is 0 Å². The van der Waals surface area contributed by atoms with Gasteiger partial charge in [-0.2, -0.15) is 0 Å². The minimum Gasteiger partial charge on any atom is -0.484 e. The lowest BCUT2D eigenvalue weighted by Gasteiger charge is -2.26. The van der Waals surface area contributed by atoms with Gasteiger partial charge in [0.2, 0.25) is 0 Å². The molecule has 0 spiro atoms. The lowest BCUT2D eigenvalue weighted by Crippen LogP contribution is -2.38. The minimum absolute atomic E-state index is 0.00665. The summed E-state index contributed by atoms with van der Waals surface area (Å²) < 4.78 is 10.9. The third-order valence-electron chi connectivity index (χ3n) is 4.44. The van der Waals surface area contributed by atoms with Crippen LogP contribution in [0.25, 0.3) is 11.0 Å². The lowest BCUT2D eigenvalue weighted by molar-refractivity contribution is -0.134. The molecule has 0 unspecified atom stereocenters. The van der Waals surface area contributed by atoms with Gasteiger partial charge in [0.15, 0.2) is 6.61 Å². The van der Waals surface area contributed by atoms with Crippen LogP contribution in [0.3, 0.4) is 0 Å². The zero-order chi connectivity index (χ0) is 17.1. The highest BCUT2D eigenvalue weighted by Gasteiger charge is 2.17. The molecule has 0 radical (unpaired) electrons. The second kappa shape index (κ2) is 7.07. The first kappa shape index (κ1) is 16.6. The molecule has 5 heteroatoms. The van der Waals surface area contributed by atoms with Crippen molar-refractivity contribution in [2.45, 2.75) is 39.0 Å². The molecule has 0 atom stereocenters. The van der Waals surface area contributed by atoms with E-state index in [0.717, 1.165) is 36.9 Å². The van der Waals surface area contributed by atoms with Crippen molar-refractivity contribution in [1.29, 1.82) is 0 Å². The van der Waals surface area contributed by atoms with E-state index >= 15 is 0 Å². The summed E-state index contributed by atoms with van der Waals surface area (Å²) in [6.45, 7) is 5.71. The molecule has 128 valence electrons. The highest BCUT2D eigenvalue weighted by atomic mass is 16.5. The van der Waals surface area contributed by atoms with E-state index in [2.05, 4.69) is 0 Å². The number of hydrogen-bond acceptors (Lipinski definition) is 4. The van der Waals surface area contributed by atoms with Gasteiger partial charge in [-0.1, -0.05) is 13.8 Å². The van der Waals surface area contributed by atoms with E-state index in [0.29, 0.717) is 11.3 Å². The molecule has 1 amide bonds. The van der Waals surface area contributed by atoms with Gasteiger partial charge in [0.1, 0.15) is 11.3 Å². The zero-order valence-corrected chi connectivity index (χ0v) is 14.2. The van der Waals surface area contributed by atoms with Crippen LogP contribution in [0.1, 0.15) is 44.6 Å². The average Bonchev–Trinajstić information content (AvgIpc) is 2.59. The molecular weight excluding hydrogens is 306 g/mol. The topological polar surface area (TPSA) is 59.8 Å². The fourth-order valence-electron chi connectivity index (χ4n) is 3.12. The molecule has 2 aromatic rings. The normalized spacial score (nSPS) is 15.0. The van der Waals surface area contributed by atoms with Gasteiger partial charge in [0.05, 0.1) is 0 Å². The van der Waals surface area contributed by atoms with Crippen molar-refractivity contribution in [3.63, 3.8) is 0 Å². The Morgan fingerprint density at radius 2 is 1.96 bits per heavy atom. The number of rotatable bonds is 4. The number of piperidine rings is 1. The molecule has 1 saturated heterocycles. The van der Waals surface area contributed by atoms with Crippen molar-refractivity contribution in [1.82, 2.24) is 4.90 Å². The molecule has 2 heterocycles. The SMILES string of the molecule is CC(C)c1cc(=O)oc2cc(OCC(=O)N3CCCCC3)ccc12. The van der Waals surface area contributed by atoms with Gasteiger partial charge in [0.25, 0.3) is 5.91 Å². The monoisotopic (exact) mass is 329 g/mol. The van der Waals surface area contributed by atoms with Crippen LogP contribution >= 0.6 is 0 Å². The molecule has 24 heavy (non-hydrogen) atoms. The molecule has 3 rings (SSSR count). The Bertz CT molecular complexity index is 788. The Balaban J connectivity index is 1.76. The summed E-state index contributed by atoms with van der Waals surface area (Å²) in [5, 5.41) is 0.902. The second-order valence-electron chi connectivity index (χ2n) is 6.56. The molecule has 0 aliphatic carbocycles. The molecule has 1 aromatic heterocycles. The number of hydrogen-bond donors (Lipinski definition) is 0. The predicted octanol–water partition coefficient (Wildman–Crippen LogP) is 3.31. The van der Waals surface area contributed by atoms with Crippen LogP contribution < -0.4 is 10.4 Å². The van der Waals surface area contributed by atoms with Gasteiger partial charge in [-0.3, -0.25) is 4.79 Å². The van der Waals surface area contributed by atoms with Crippen molar-refractivity contribution in [2.24, 2.45) is 0 Å². The van der Waals surface area contributed by atoms with E-state index in [1.807, 2.05) is 30.9 Å². The Hall–Kier alpha value is -2.30. The summed E-state index contributed by atoms with van der Waals surface area (Å²) in [5.41, 5.74) is 1.08. The average molecular weight is 329 g/mol. The Kier molecular flexibility index (Phi) is 4.88. The number of ether oxygens (including phenoxy) is 1. The number of carbonyl (C=O) groups is 1. The summed E-state index contributed by atoms with van der Waals surface area (Å²) in [4.78, 5) is 25.7.